The number of ether oxygens (including phenoxy) is 2. The summed E-state index contributed by atoms with van der Waals surface area (Å²) in [4.78, 5) is 0. The summed E-state index contributed by atoms with van der Waals surface area (Å²) in [7, 11) is 0. The van der Waals surface area contributed by atoms with E-state index in [0.717, 1.165) is 50.5 Å². The van der Waals surface area contributed by atoms with Crippen molar-refractivity contribution in [2.24, 2.45) is 11.8 Å². The van der Waals surface area contributed by atoms with Gasteiger partial charge in [-0.15, -0.1) is 0 Å². The fourth-order valence-corrected chi connectivity index (χ4v) is 7.58. The summed E-state index contributed by atoms with van der Waals surface area (Å²) in [5, 5.41) is 4.71. The van der Waals surface area contributed by atoms with Crippen molar-refractivity contribution < 1.29 is 9.47 Å². The van der Waals surface area contributed by atoms with Crippen LogP contribution in [0.2, 0.25) is 0 Å². The minimum atomic E-state index is 0.351. The molecule has 0 amide bonds. The summed E-state index contributed by atoms with van der Waals surface area (Å²) in [5.41, 5.74) is 9.47. The quantitative estimate of drug-likeness (QED) is 0.209. The molecule has 206 valence electrons. The van der Waals surface area contributed by atoms with Gasteiger partial charge in [0, 0.05) is 33.7 Å². The fraction of sp³-hybridized carbons (Fsp3) is 0.0476. The molecule has 2 atom stereocenters. The Hall–Kier alpha value is -5.60. The molecule has 0 radical (unpaired) electrons. The standard InChI is InChI=1S/C42H26O2/c1-3-11-29-25(7-1)9-5-13-31(29)27-15-17-33-35-19-20-36-34-18-16-28(32-14-6-10-26-8-2-4-12-30(26)32)24-40(34)44-38-22-21-37(41(35)42(36)38)43-39(33)23-27/h1-25,29H. The van der Waals surface area contributed by atoms with Gasteiger partial charge < -0.3 is 9.47 Å². The van der Waals surface area contributed by atoms with Crippen LogP contribution in [0, 0.1) is 11.8 Å². The first kappa shape index (κ1) is 23.9. The molecule has 2 aliphatic carbocycles. The van der Waals surface area contributed by atoms with Crippen LogP contribution in [0.5, 0.6) is 23.0 Å². The topological polar surface area (TPSA) is 18.5 Å². The zero-order valence-electron chi connectivity index (χ0n) is 23.8. The lowest BCUT2D eigenvalue weighted by Crippen LogP contribution is -2.15. The zero-order valence-corrected chi connectivity index (χ0v) is 23.8. The van der Waals surface area contributed by atoms with Gasteiger partial charge in [-0.2, -0.15) is 0 Å². The number of fused-ring (bicyclic) bond motifs is 6. The second-order valence-electron chi connectivity index (χ2n) is 12.0. The van der Waals surface area contributed by atoms with Gasteiger partial charge in [0.05, 0.1) is 0 Å². The van der Waals surface area contributed by atoms with Crippen LogP contribution in [-0.2, 0) is 0 Å². The summed E-state index contributed by atoms with van der Waals surface area (Å²) in [6, 6.07) is 36.9. The lowest BCUT2D eigenvalue weighted by molar-refractivity contribution is 0.475. The van der Waals surface area contributed by atoms with Gasteiger partial charge in [0.1, 0.15) is 23.0 Å². The molecule has 0 aromatic heterocycles. The number of rotatable bonds is 2. The number of hydrogen-bond acceptors (Lipinski definition) is 2. The maximum absolute atomic E-state index is 6.67. The minimum Gasteiger partial charge on any atom is -0.456 e. The van der Waals surface area contributed by atoms with Crippen LogP contribution >= 0.6 is 0 Å². The Labute approximate surface area is 255 Å². The normalized spacial score (nSPS) is 18.2. The van der Waals surface area contributed by atoms with Crippen molar-refractivity contribution in [3.8, 4) is 56.4 Å². The lowest BCUT2D eigenvalue weighted by Gasteiger charge is -2.29. The number of hydrogen-bond donors (Lipinski definition) is 0. The maximum Gasteiger partial charge on any atom is 0.136 e. The van der Waals surface area contributed by atoms with E-state index in [1.807, 2.05) is 0 Å². The molecule has 4 aliphatic rings. The van der Waals surface area contributed by atoms with Crippen LogP contribution in [0.25, 0.3) is 60.5 Å². The van der Waals surface area contributed by atoms with E-state index >= 15 is 0 Å². The van der Waals surface area contributed by atoms with E-state index in [9.17, 15) is 0 Å². The fourth-order valence-electron chi connectivity index (χ4n) is 7.58. The summed E-state index contributed by atoms with van der Waals surface area (Å²) in [5.74, 6) is 4.28. The van der Waals surface area contributed by atoms with Gasteiger partial charge in [-0.1, -0.05) is 109 Å². The molecule has 6 aromatic carbocycles. The van der Waals surface area contributed by atoms with E-state index in [-0.39, 0.29) is 0 Å². The SMILES string of the molecule is C1=CC2C=CC=C(c3ccc4c(c3)Oc3ccc5c6c(ccc-4c36)-c3ccc(-c4cccc6ccccc46)cc3O5)C2C=C1. The molecule has 2 unspecified atom stereocenters. The van der Waals surface area contributed by atoms with Crippen LogP contribution in [0.3, 0.4) is 0 Å². The van der Waals surface area contributed by atoms with E-state index in [2.05, 4.69) is 146 Å². The van der Waals surface area contributed by atoms with Crippen LogP contribution in [0.4, 0.5) is 0 Å². The molecule has 44 heavy (non-hydrogen) atoms. The predicted octanol–water partition coefficient (Wildman–Crippen LogP) is 11.5. The van der Waals surface area contributed by atoms with Crippen LogP contribution in [-0.4, -0.2) is 0 Å². The Morgan fingerprint density at radius 2 is 1.09 bits per heavy atom. The second-order valence-corrected chi connectivity index (χ2v) is 12.0. The molecule has 2 aliphatic heterocycles. The third kappa shape index (κ3) is 3.37. The summed E-state index contributed by atoms with van der Waals surface area (Å²) in [6.07, 6.45) is 15.6. The van der Waals surface area contributed by atoms with E-state index in [1.54, 1.807) is 0 Å². The first-order valence-corrected chi connectivity index (χ1v) is 15.3. The van der Waals surface area contributed by atoms with Gasteiger partial charge >= 0.3 is 0 Å². The molecule has 0 spiro atoms. The first-order chi connectivity index (χ1) is 21.8. The molecule has 2 heteroatoms. The molecule has 0 fully saturated rings. The molecule has 2 nitrogen and oxygen atoms in total. The molecule has 6 aromatic rings. The monoisotopic (exact) mass is 562 g/mol. The Kier molecular flexibility index (Phi) is 4.86. The predicted molar refractivity (Wildman–Crippen MR) is 180 cm³/mol. The maximum atomic E-state index is 6.67. The lowest BCUT2D eigenvalue weighted by atomic mass is 9.77. The van der Waals surface area contributed by atoms with Crippen molar-refractivity contribution in [1.82, 2.24) is 0 Å². The van der Waals surface area contributed by atoms with Gasteiger partial charge in [0.2, 0.25) is 0 Å². The number of benzene rings is 6. The smallest absolute Gasteiger partial charge is 0.136 e. The summed E-state index contributed by atoms with van der Waals surface area (Å²) in [6.45, 7) is 0. The molecule has 10 rings (SSSR count). The van der Waals surface area contributed by atoms with Crippen molar-refractivity contribution in [3.05, 3.63) is 151 Å². The van der Waals surface area contributed by atoms with Crippen molar-refractivity contribution >= 4 is 27.1 Å². The molecule has 0 bridgehead atoms. The van der Waals surface area contributed by atoms with Crippen molar-refractivity contribution in [2.45, 2.75) is 0 Å². The highest BCUT2D eigenvalue weighted by Crippen LogP contribution is 2.56. The molecular weight excluding hydrogens is 536 g/mol. The van der Waals surface area contributed by atoms with Crippen molar-refractivity contribution in [2.75, 3.05) is 0 Å². The highest BCUT2D eigenvalue weighted by atomic mass is 16.5. The van der Waals surface area contributed by atoms with Crippen molar-refractivity contribution in [3.63, 3.8) is 0 Å². The summed E-state index contributed by atoms with van der Waals surface area (Å²) < 4.78 is 13.3. The van der Waals surface area contributed by atoms with Gasteiger partial charge in [-0.05, 0) is 80.6 Å². The van der Waals surface area contributed by atoms with Crippen LogP contribution < -0.4 is 9.47 Å². The second kappa shape index (κ2) is 8.95. The van der Waals surface area contributed by atoms with Gasteiger partial charge in [0.25, 0.3) is 0 Å². The first-order valence-electron chi connectivity index (χ1n) is 15.3. The Balaban J connectivity index is 1.08. The average Bonchev–Trinajstić information content (AvgIpc) is 3.09. The van der Waals surface area contributed by atoms with E-state index in [1.165, 1.54) is 38.6 Å². The number of allylic oxidation sites excluding steroid dienone is 8. The van der Waals surface area contributed by atoms with E-state index < -0.39 is 0 Å². The highest BCUT2D eigenvalue weighted by molar-refractivity contribution is 6.14. The van der Waals surface area contributed by atoms with E-state index in [4.69, 9.17) is 9.47 Å². The molecule has 2 heterocycles. The van der Waals surface area contributed by atoms with E-state index in [0.29, 0.717) is 11.8 Å². The molecule has 0 saturated heterocycles. The van der Waals surface area contributed by atoms with Crippen LogP contribution in [0.15, 0.2) is 146 Å². The Morgan fingerprint density at radius 1 is 0.455 bits per heavy atom. The zero-order chi connectivity index (χ0) is 28.8. The van der Waals surface area contributed by atoms with Crippen LogP contribution in [0.1, 0.15) is 5.56 Å². The Bertz CT molecular complexity index is 2340. The van der Waals surface area contributed by atoms with Gasteiger partial charge in [-0.25, -0.2) is 0 Å². The van der Waals surface area contributed by atoms with Gasteiger partial charge in [0.15, 0.2) is 0 Å². The highest BCUT2D eigenvalue weighted by Gasteiger charge is 2.29. The van der Waals surface area contributed by atoms with Gasteiger partial charge in [-0.3, -0.25) is 0 Å². The molecule has 0 N–H and O–H groups in total. The Morgan fingerprint density at radius 3 is 1.89 bits per heavy atom. The minimum absolute atomic E-state index is 0.351. The third-order valence-corrected chi connectivity index (χ3v) is 9.65. The average molecular weight is 563 g/mol. The summed E-state index contributed by atoms with van der Waals surface area (Å²) >= 11 is 0. The third-order valence-electron chi connectivity index (χ3n) is 9.65. The van der Waals surface area contributed by atoms with Crippen molar-refractivity contribution in [1.29, 1.82) is 0 Å². The largest absolute Gasteiger partial charge is 0.456 e. The molecular formula is C42H26O2. The molecule has 0 saturated carbocycles.